The fraction of sp³-hybridized carbons (Fsp3) is 0.450. The molecular weight excluding hydrogens is 358 g/mol. The van der Waals surface area contributed by atoms with Crippen molar-refractivity contribution >= 4 is 23.2 Å². The Hall–Kier alpha value is -2.41. The topological polar surface area (TPSA) is 69.6 Å². The molecule has 1 aromatic heterocycles. The van der Waals surface area contributed by atoms with E-state index in [1.165, 1.54) is 16.0 Å². The lowest BCUT2D eigenvalue weighted by Gasteiger charge is -2.29. The molecule has 0 saturated carbocycles. The molecule has 0 bridgehead atoms. The molecule has 0 unspecified atom stereocenters. The van der Waals surface area contributed by atoms with E-state index in [1.54, 1.807) is 18.4 Å². The van der Waals surface area contributed by atoms with E-state index >= 15 is 0 Å². The fourth-order valence-electron chi connectivity index (χ4n) is 3.13. The number of benzene rings is 1. The number of rotatable bonds is 5. The van der Waals surface area contributed by atoms with E-state index in [0.717, 1.165) is 36.6 Å². The van der Waals surface area contributed by atoms with Crippen molar-refractivity contribution in [3.63, 3.8) is 0 Å². The summed E-state index contributed by atoms with van der Waals surface area (Å²) in [4.78, 5) is 24.5. The van der Waals surface area contributed by atoms with Crippen molar-refractivity contribution in [2.24, 2.45) is 4.99 Å². The third-order valence-corrected chi connectivity index (χ3v) is 5.95. The van der Waals surface area contributed by atoms with Crippen LogP contribution in [0.2, 0.25) is 0 Å². The zero-order valence-corrected chi connectivity index (χ0v) is 17.0. The van der Waals surface area contributed by atoms with Gasteiger partial charge in [0, 0.05) is 38.0 Å². The number of nitrogens with one attached hydrogen (secondary N) is 2. The normalized spacial score (nSPS) is 14.0. The van der Waals surface area contributed by atoms with Crippen LogP contribution in [0.4, 0.5) is 0 Å². The van der Waals surface area contributed by atoms with Crippen LogP contribution < -0.4 is 10.6 Å². The molecule has 0 radical (unpaired) electrons. The summed E-state index contributed by atoms with van der Waals surface area (Å²) in [6.07, 6.45) is 1.76. The number of hydrogen-bond acceptors (Lipinski definition) is 4. The van der Waals surface area contributed by atoms with Crippen molar-refractivity contribution in [3.05, 3.63) is 51.0 Å². The predicted molar refractivity (Wildman–Crippen MR) is 110 cm³/mol. The van der Waals surface area contributed by atoms with Gasteiger partial charge in [0.05, 0.1) is 17.2 Å². The zero-order valence-electron chi connectivity index (χ0n) is 16.2. The van der Waals surface area contributed by atoms with E-state index in [2.05, 4.69) is 45.7 Å². The predicted octanol–water partition coefficient (Wildman–Crippen LogP) is 2.05. The van der Waals surface area contributed by atoms with Crippen LogP contribution in [-0.2, 0) is 24.2 Å². The van der Waals surface area contributed by atoms with Crippen molar-refractivity contribution in [2.75, 3.05) is 26.7 Å². The summed E-state index contributed by atoms with van der Waals surface area (Å²) in [6.45, 7) is 6.56. The van der Waals surface area contributed by atoms with Crippen LogP contribution in [-0.4, -0.2) is 48.4 Å². The third kappa shape index (κ3) is 5.07. The first-order valence-electron chi connectivity index (χ1n) is 9.29. The molecule has 3 rings (SSSR count). The SMILES string of the molecule is CN=C(NCCc1nc(C)c(C)s1)NCC(=O)N1CCc2ccccc2C1. The number of aromatic nitrogens is 1. The maximum atomic E-state index is 12.5. The van der Waals surface area contributed by atoms with Crippen LogP contribution in [0.25, 0.3) is 0 Å². The van der Waals surface area contributed by atoms with Gasteiger partial charge in [-0.25, -0.2) is 4.98 Å². The molecule has 144 valence electrons. The second-order valence-corrected chi connectivity index (χ2v) is 7.97. The quantitative estimate of drug-likeness (QED) is 0.611. The molecule has 0 atom stereocenters. The Morgan fingerprint density at radius 1 is 1.26 bits per heavy atom. The maximum absolute atomic E-state index is 12.5. The lowest BCUT2D eigenvalue weighted by molar-refractivity contribution is -0.130. The maximum Gasteiger partial charge on any atom is 0.242 e. The Morgan fingerprint density at radius 2 is 2.04 bits per heavy atom. The third-order valence-electron chi connectivity index (χ3n) is 4.82. The van der Waals surface area contributed by atoms with Crippen LogP contribution in [0.5, 0.6) is 0 Å². The highest BCUT2D eigenvalue weighted by atomic mass is 32.1. The molecule has 0 aliphatic carbocycles. The molecule has 0 fully saturated rings. The minimum Gasteiger partial charge on any atom is -0.356 e. The summed E-state index contributed by atoms with van der Waals surface area (Å²) in [5.74, 6) is 0.740. The van der Waals surface area contributed by atoms with Crippen LogP contribution in [0.3, 0.4) is 0 Å². The Morgan fingerprint density at radius 3 is 2.74 bits per heavy atom. The Balaban J connectivity index is 1.43. The second kappa shape index (κ2) is 8.99. The number of carbonyl (C=O) groups excluding carboxylic acids is 1. The first-order valence-corrected chi connectivity index (χ1v) is 10.1. The molecule has 7 heteroatoms. The number of thiazole rings is 1. The molecule has 1 aromatic carbocycles. The van der Waals surface area contributed by atoms with Gasteiger partial charge in [0.1, 0.15) is 0 Å². The van der Waals surface area contributed by atoms with E-state index in [4.69, 9.17) is 0 Å². The van der Waals surface area contributed by atoms with E-state index < -0.39 is 0 Å². The second-order valence-electron chi connectivity index (χ2n) is 6.69. The van der Waals surface area contributed by atoms with Gasteiger partial charge in [-0.05, 0) is 31.4 Å². The van der Waals surface area contributed by atoms with Crippen LogP contribution >= 0.6 is 11.3 Å². The summed E-state index contributed by atoms with van der Waals surface area (Å²) in [5.41, 5.74) is 3.69. The highest BCUT2D eigenvalue weighted by Crippen LogP contribution is 2.18. The molecule has 1 aliphatic heterocycles. The van der Waals surface area contributed by atoms with Gasteiger partial charge in [0.25, 0.3) is 0 Å². The van der Waals surface area contributed by atoms with Gasteiger partial charge in [0.15, 0.2) is 5.96 Å². The van der Waals surface area contributed by atoms with Gasteiger partial charge >= 0.3 is 0 Å². The van der Waals surface area contributed by atoms with Gasteiger partial charge in [0.2, 0.25) is 5.91 Å². The zero-order chi connectivity index (χ0) is 19.2. The van der Waals surface area contributed by atoms with Gasteiger partial charge < -0.3 is 15.5 Å². The van der Waals surface area contributed by atoms with Crippen LogP contribution in [0, 0.1) is 13.8 Å². The molecule has 6 nitrogen and oxygen atoms in total. The molecule has 2 aromatic rings. The van der Waals surface area contributed by atoms with Crippen LogP contribution in [0.15, 0.2) is 29.3 Å². The summed E-state index contributed by atoms with van der Waals surface area (Å²) in [6, 6.07) is 8.33. The van der Waals surface area contributed by atoms with Crippen molar-refractivity contribution < 1.29 is 4.79 Å². The van der Waals surface area contributed by atoms with E-state index in [9.17, 15) is 4.79 Å². The summed E-state index contributed by atoms with van der Waals surface area (Å²) in [7, 11) is 1.72. The first kappa shape index (κ1) is 19.4. The van der Waals surface area contributed by atoms with Crippen molar-refractivity contribution in [3.8, 4) is 0 Å². The monoisotopic (exact) mass is 385 g/mol. The summed E-state index contributed by atoms with van der Waals surface area (Å²) < 4.78 is 0. The fourth-order valence-corrected chi connectivity index (χ4v) is 4.07. The van der Waals surface area contributed by atoms with Crippen LogP contribution in [0.1, 0.15) is 26.7 Å². The van der Waals surface area contributed by atoms with Crippen molar-refractivity contribution in [2.45, 2.75) is 33.2 Å². The Bertz CT molecular complexity index is 810. The highest BCUT2D eigenvalue weighted by molar-refractivity contribution is 7.11. The summed E-state index contributed by atoms with van der Waals surface area (Å²) in [5, 5.41) is 7.50. The first-order chi connectivity index (χ1) is 13.1. The minimum atomic E-state index is 0.0960. The van der Waals surface area contributed by atoms with Gasteiger partial charge in [-0.3, -0.25) is 9.79 Å². The lowest BCUT2D eigenvalue weighted by atomic mass is 10.00. The number of hydrogen-bond donors (Lipinski definition) is 2. The average molecular weight is 386 g/mol. The number of aliphatic imine (C=N–C) groups is 1. The molecule has 2 heterocycles. The molecule has 0 saturated heterocycles. The Labute approximate surface area is 164 Å². The minimum absolute atomic E-state index is 0.0960. The van der Waals surface area contributed by atoms with E-state index in [0.29, 0.717) is 12.5 Å². The highest BCUT2D eigenvalue weighted by Gasteiger charge is 2.20. The van der Waals surface area contributed by atoms with Gasteiger partial charge in [-0.1, -0.05) is 24.3 Å². The number of amides is 1. The lowest BCUT2D eigenvalue weighted by Crippen LogP contribution is -2.46. The standard InChI is InChI=1S/C20H27N5OS/c1-14-15(2)27-18(24-14)8-10-22-20(21-3)23-12-19(26)25-11-9-16-6-4-5-7-17(16)13-25/h4-7H,8-13H2,1-3H3,(H2,21,22,23). The molecule has 27 heavy (non-hydrogen) atoms. The molecule has 1 amide bonds. The van der Waals surface area contributed by atoms with Gasteiger partial charge in [-0.2, -0.15) is 0 Å². The average Bonchev–Trinajstić information content (AvgIpc) is 3.01. The van der Waals surface area contributed by atoms with Crippen molar-refractivity contribution in [1.82, 2.24) is 20.5 Å². The molecule has 0 spiro atoms. The van der Waals surface area contributed by atoms with Gasteiger partial charge in [-0.15, -0.1) is 11.3 Å². The number of carbonyl (C=O) groups is 1. The van der Waals surface area contributed by atoms with E-state index in [-0.39, 0.29) is 12.5 Å². The summed E-state index contributed by atoms with van der Waals surface area (Å²) >= 11 is 1.73. The molecular formula is C20H27N5OS. The number of guanidine groups is 1. The largest absolute Gasteiger partial charge is 0.356 e. The number of aryl methyl sites for hydroxylation is 2. The molecule has 1 aliphatic rings. The number of nitrogens with zero attached hydrogens (tertiary/aromatic N) is 3. The Kier molecular flexibility index (Phi) is 6.45. The number of fused-ring (bicyclic) bond motifs is 1. The molecule has 2 N–H and O–H groups in total. The van der Waals surface area contributed by atoms with E-state index in [1.807, 2.05) is 17.9 Å². The smallest absolute Gasteiger partial charge is 0.242 e. The van der Waals surface area contributed by atoms with Crippen molar-refractivity contribution in [1.29, 1.82) is 0 Å².